The molecule has 2 amide bonds. The molecule has 7 nitrogen and oxygen atoms in total. The Morgan fingerprint density at radius 1 is 1.07 bits per heavy atom. The number of furan rings is 1. The number of rotatable bonds is 9. The fourth-order valence-electron chi connectivity index (χ4n) is 3.23. The van der Waals surface area contributed by atoms with E-state index in [1.165, 1.54) is 0 Å². The molecule has 0 aliphatic rings. The highest BCUT2D eigenvalue weighted by Gasteiger charge is 2.20. The number of hydrogen-bond donors (Lipinski definition) is 3. The van der Waals surface area contributed by atoms with Crippen LogP contribution in [0, 0.1) is 0 Å². The van der Waals surface area contributed by atoms with Crippen LogP contribution in [0.1, 0.15) is 25.6 Å². The Labute approximate surface area is 176 Å². The number of nitrogens with one attached hydrogen (secondary N) is 3. The number of hydrogen-bond acceptors (Lipinski definition) is 4. The van der Waals surface area contributed by atoms with Crippen LogP contribution in [-0.4, -0.2) is 38.6 Å². The van der Waals surface area contributed by atoms with Crippen LogP contribution in [0.3, 0.4) is 0 Å². The Bertz CT molecular complexity index is 964. The molecule has 1 heterocycles. The number of benzene rings is 2. The number of ether oxygens (including phenoxy) is 1. The van der Waals surface area contributed by atoms with Gasteiger partial charge in [-0.25, -0.2) is 0 Å². The topological polar surface area (TPSA) is 85.0 Å². The fraction of sp³-hybridized carbons (Fsp3) is 0.304. The third-order valence-corrected chi connectivity index (χ3v) is 4.94. The van der Waals surface area contributed by atoms with Crippen molar-refractivity contribution >= 4 is 28.5 Å². The summed E-state index contributed by atoms with van der Waals surface area (Å²) in [4.78, 5) is 25.7. The van der Waals surface area contributed by atoms with Gasteiger partial charge in [-0.05, 0) is 50.2 Å². The van der Waals surface area contributed by atoms with Crippen LogP contribution in [0.5, 0.6) is 5.75 Å². The van der Waals surface area contributed by atoms with Crippen LogP contribution < -0.4 is 20.3 Å². The highest BCUT2D eigenvalue weighted by molar-refractivity contribution is 5.91. The highest BCUT2D eigenvalue weighted by Crippen LogP contribution is 2.23. The first-order chi connectivity index (χ1) is 14.5. The second-order valence-electron chi connectivity index (χ2n) is 7.21. The summed E-state index contributed by atoms with van der Waals surface area (Å²) in [5.74, 6) is 1.16. The SMILES string of the molecule is CC[NH+](CC(=O)Nc1ccc(OC)cc1)CC(=O)N[C@@H](C)c1cc2ccccc2o1. The zero-order valence-corrected chi connectivity index (χ0v) is 17.5. The maximum atomic E-state index is 12.5. The molecule has 0 aliphatic heterocycles. The molecule has 1 unspecified atom stereocenters. The smallest absolute Gasteiger partial charge is 0.279 e. The van der Waals surface area contributed by atoms with Crippen LogP contribution in [-0.2, 0) is 9.59 Å². The van der Waals surface area contributed by atoms with Gasteiger partial charge < -0.3 is 24.7 Å². The van der Waals surface area contributed by atoms with Gasteiger partial charge in [-0.1, -0.05) is 18.2 Å². The molecule has 7 heteroatoms. The minimum atomic E-state index is -0.254. The first-order valence-electron chi connectivity index (χ1n) is 10.0. The largest absolute Gasteiger partial charge is 0.497 e. The molecule has 0 saturated carbocycles. The van der Waals surface area contributed by atoms with Crippen LogP contribution in [0.2, 0.25) is 0 Å². The number of anilines is 1. The van der Waals surface area contributed by atoms with E-state index in [2.05, 4.69) is 10.6 Å². The predicted molar refractivity (Wildman–Crippen MR) is 116 cm³/mol. The number of para-hydroxylation sites is 1. The standard InChI is InChI=1S/C23H27N3O4/c1-4-26(15-23(28)25-18-9-11-19(29-3)12-10-18)14-22(27)24-16(2)21-13-17-7-5-6-8-20(17)30-21/h5-13,16H,4,14-15H2,1-3H3,(H,24,27)(H,25,28)/p+1/t16-/m0/s1. The van der Waals surface area contributed by atoms with E-state index >= 15 is 0 Å². The summed E-state index contributed by atoms with van der Waals surface area (Å²) in [6.07, 6.45) is 0. The minimum absolute atomic E-state index is 0.128. The lowest BCUT2D eigenvalue weighted by molar-refractivity contribution is -0.881. The Hall–Kier alpha value is -3.32. The molecule has 0 aliphatic carbocycles. The monoisotopic (exact) mass is 410 g/mol. The van der Waals surface area contributed by atoms with Gasteiger partial charge in [0.2, 0.25) is 0 Å². The van der Waals surface area contributed by atoms with Crippen LogP contribution >= 0.6 is 0 Å². The zero-order valence-electron chi connectivity index (χ0n) is 17.5. The van der Waals surface area contributed by atoms with Gasteiger partial charge in [0, 0.05) is 11.1 Å². The molecule has 0 radical (unpaired) electrons. The van der Waals surface area contributed by atoms with Crippen molar-refractivity contribution in [2.45, 2.75) is 19.9 Å². The summed E-state index contributed by atoms with van der Waals surface area (Å²) < 4.78 is 10.9. The summed E-state index contributed by atoms with van der Waals surface area (Å²) in [6.45, 7) is 4.90. The van der Waals surface area contributed by atoms with Crippen molar-refractivity contribution in [3.8, 4) is 5.75 Å². The van der Waals surface area contributed by atoms with E-state index in [9.17, 15) is 9.59 Å². The lowest BCUT2D eigenvalue weighted by Crippen LogP contribution is -3.14. The van der Waals surface area contributed by atoms with E-state index in [1.54, 1.807) is 31.4 Å². The Kier molecular flexibility index (Phi) is 7.08. The third-order valence-electron chi connectivity index (χ3n) is 4.94. The van der Waals surface area contributed by atoms with Crippen molar-refractivity contribution in [2.75, 3.05) is 32.1 Å². The normalized spacial score (nSPS) is 12.9. The number of carbonyl (C=O) groups excluding carboxylic acids is 2. The molecule has 2 aromatic carbocycles. The number of carbonyl (C=O) groups is 2. The molecule has 0 fully saturated rings. The Balaban J connectivity index is 1.51. The highest BCUT2D eigenvalue weighted by atomic mass is 16.5. The van der Waals surface area contributed by atoms with E-state index in [-0.39, 0.29) is 30.9 Å². The molecule has 30 heavy (non-hydrogen) atoms. The van der Waals surface area contributed by atoms with Gasteiger partial charge in [0.25, 0.3) is 11.8 Å². The van der Waals surface area contributed by atoms with Crippen LogP contribution in [0.4, 0.5) is 5.69 Å². The molecule has 2 atom stereocenters. The number of fused-ring (bicyclic) bond motifs is 1. The van der Waals surface area contributed by atoms with Crippen molar-refractivity contribution in [3.05, 3.63) is 60.4 Å². The molecular weight excluding hydrogens is 382 g/mol. The molecule has 0 saturated heterocycles. The van der Waals surface area contributed by atoms with Crippen molar-refractivity contribution in [3.63, 3.8) is 0 Å². The Morgan fingerprint density at radius 3 is 2.43 bits per heavy atom. The second-order valence-corrected chi connectivity index (χ2v) is 7.21. The Morgan fingerprint density at radius 2 is 1.77 bits per heavy atom. The summed E-state index contributed by atoms with van der Waals surface area (Å²) >= 11 is 0. The van der Waals surface area contributed by atoms with Gasteiger partial charge in [-0.2, -0.15) is 0 Å². The maximum absolute atomic E-state index is 12.5. The number of likely N-dealkylation sites (N-methyl/N-ethyl adjacent to an activating group) is 1. The van der Waals surface area contributed by atoms with Gasteiger partial charge in [-0.15, -0.1) is 0 Å². The van der Waals surface area contributed by atoms with Gasteiger partial charge in [0.1, 0.15) is 17.1 Å². The first-order valence-corrected chi connectivity index (χ1v) is 10.0. The van der Waals surface area contributed by atoms with Crippen molar-refractivity contribution < 1.29 is 23.6 Å². The van der Waals surface area contributed by atoms with Crippen LogP contribution in [0.15, 0.2) is 59.0 Å². The summed E-state index contributed by atoms with van der Waals surface area (Å²) in [7, 11) is 1.59. The lowest BCUT2D eigenvalue weighted by Gasteiger charge is -2.18. The molecule has 158 valence electrons. The van der Waals surface area contributed by atoms with Gasteiger partial charge in [0.05, 0.1) is 19.7 Å². The van der Waals surface area contributed by atoms with E-state index in [0.717, 1.165) is 21.6 Å². The molecule has 3 rings (SSSR count). The predicted octanol–water partition coefficient (Wildman–Crippen LogP) is 2.16. The minimum Gasteiger partial charge on any atom is -0.497 e. The van der Waals surface area contributed by atoms with Crippen molar-refractivity contribution in [1.82, 2.24) is 5.32 Å². The van der Waals surface area contributed by atoms with Gasteiger partial charge in [0.15, 0.2) is 13.1 Å². The number of methoxy groups -OCH3 is 1. The van der Waals surface area contributed by atoms with E-state index in [1.807, 2.05) is 44.2 Å². The molecule has 0 spiro atoms. The summed E-state index contributed by atoms with van der Waals surface area (Å²) in [6, 6.07) is 16.6. The molecule has 3 N–H and O–H groups in total. The molecular formula is C23H28N3O4+. The quantitative estimate of drug-likeness (QED) is 0.505. The summed E-state index contributed by atoms with van der Waals surface area (Å²) in [5.41, 5.74) is 1.49. The van der Waals surface area contributed by atoms with Crippen molar-refractivity contribution in [2.24, 2.45) is 0 Å². The third kappa shape index (κ3) is 5.61. The average molecular weight is 410 g/mol. The van der Waals surface area contributed by atoms with E-state index < -0.39 is 0 Å². The fourth-order valence-corrected chi connectivity index (χ4v) is 3.23. The van der Waals surface area contributed by atoms with Crippen LogP contribution in [0.25, 0.3) is 11.0 Å². The molecule has 1 aromatic heterocycles. The summed E-state index contributed by atoms with van der Waals surface area (Å²) in [5, 5.41) is 6.81. The van der Waals surface area contributed by atoms with E-state index in [4.69, 9.17) is 9.15 Å². The first kappa shape index (κ1) is 21.4. The molecule has 0 bridgehead atoms. The molecule has 3 aromatic rings. The number of quaternary nitrogens is 1. The van der Waals surface area contributed by atoms with E-state index in [0.29, 0.717) is 18.0 Å². The van der Waals surface area contributed by atoms with Crippen molar-refractivity contribution in [1.29, 1.82) is 0 Å². The lowest BCUT2D eigenvalue weighted by atomic mass is 10.2. The van der Waals surface area contributed by atoms with Gasteiger partial charge >= 0.3 is 0 Å². The maximum Gasteiger partial charge on any atom is 0.279 e. The zero-order chi connectivity index (χ0) is 21.5. The number of amides is 2. The second kappa shape index (κ2) is 9.93. The average Bonchev–Trinajstić information content (AvgIpc) is 3.18. The van der Waals surface area contributed by atoms with Gasteiger partial charge in [-0.3, -0.25) is 9.59 Å².